The van der Waals surface area contributed by atoms with E-state index in [0.717, 1.165) is 11.1 Å². The van der Waals surface area contributed by atoms with Crippen molar-refractivity contribution in [2.45, 2.75) is 24.5 Å². The molecular weight excluding hydrogens is 536 g/mol. The summed E-state index contributed by atoms with van der Waals surface area (Å²) in [6, 6.07) is 23.5. The van der Waals surface area contributed by atoms with Gasteiger partial charge in [0.25, 0.3) is 0 Å². The molecule has 0 spiro atoms. The fraction of sp³-hybridized carbons (Fsp3) is 0.235. The Morgan fingerprint density at radius 3 is 1.93 bits per heavy atom. The molecule has 0 saturated carbocycles. The van der Waals surface area contributed by atoms with Gasteiger partial charge in [0.05, 0.1) is 51.9 Å². The van der Waals surface area contributed by atoms with Crippen LogP contribution >= 0.6 is 0 Å². The van der Waals surface area contributed by atoms with Gasteiger partial charge in [0.15, 0.2) is 11.6 Å². The molecule has 0 fully saturated rings. The van der Waals surface area contributed by atoms with Gasteiger partial charge in [-0.1, -0.05) is 36.4 Å². The van der Waals surface area contributed by atoms with Crippen LogP contribution in [-0.4, -0.2) is 40.0 Å². The molecule has 4 aromatic carbocycles. The van der Waals surface area contributed by atoms with E-state index in [9.17, 15) is 9.59 Å². The third kappa shape index (κ3) is 4.59. The molecule has 214 valence electrons. The maximum absolute atomic E-state index is 14.4. The van der Waals surface area contributed by atoms with Crippen LogP contribution in [0.1, 0.15) is 62.0 Å². The molecule has 4 aromatic rings. The quantitative estimate of drug-likeness (QED) is 0.250. The van der Waals surface area contributed by atoms with Gasteiger partial charge in [0, 0.05) is 6.07 Å². The number of ketones is 2. The van der Waals surface area contributed by atoms with Gasteiger partial charge in [-0.05, 0) is 47.5 Å². The van der Waals surface area contributed by atoms with Gasteiger partial charge in [-0.3, -0.25) is 9.59 Å². The van der Waals surface area contributed by atoms with Crippen molar-refractivity contribution in [3.05, 3.63) is 107 Å². The SMILES string of the molecule is COc1ccc(C2CC(=O)c3c(OC)cc(OC)c(C4C(=O)c5ccccc5OC4c4ccc(OC)cc4)c3O2)cc1. The Labute approximate surface area is 243 Å². The molecule has 8 nitrogen and oxygen atoms in total. The number of carbonyl (C=O) groups excluding carboxylic acids is 2. The summed E-state index contributed by atoms with van der Waals surface area (Å²) in [5, 5.41) is 0. The summed E-state index contributed by atoms with van der Waals surface area (Å²) in [5.74, 6) is 1.53. The van der Waals surface area contributed by atoms with Crippen LogP contribution < -0.4 is 28.4 Å². The molecule has 6 rings (SSSR count). The Balaban J connectivity index is 1.56. The minimum absolute atomic E-state index is 0.0985. The summed E-state index contributed by atoms with van der Waals surface area (Å²) < 4.78 is 35.3. The van der Waals surface area contributed by atoms with Gasteiger partial charge in [0.1, 0.15) is 52.3 Å². The van der Waals surface area contributed by atoms with Crippen LogP contribution in [0.3, 0.4) is 0 Å². The molecule has 0 saturated heterocycles. The second kappa shape index (κ2) is 11.1. The summed E-state index contributed by atoms with van der Waals surface area (Å²) >= 11 is 0. The molecule has 0 aliphatic carbocycles. The van der Waals surface area contributed by atoms with E-state index in [0.29, 0.717) is 39.9 Å². The van der Waals surface area contributed by atoms with Crippen molar-refractivity contribution >= 4 is 11.6 Å². The second-order valence-electron chi connectivity index (χ2n) is 10.1. The van der Waals surface area contributed by atoms with Crippen molar-refractivity contribution in [1.82, 2.24) is 0 Å². The smallest absolute Gasteiger partial charge is 0.178 e. The first-order valence-electron chi connectivity index (χ1n) is 13.5. The Kier molecular flexibility index (Phi) is 7.20. The second-order valence-corrected chi connectivity index (χ2v) is 10.1. The fourth-order valence-electron chi connectivity index (χ4n) is 5.72. The molecule has 2 aliphatic heterocycles. The number of hydrogen-bond donors (Lipinski definition) is 0. The van der Waals surface area contributed by atoms with Gasteiger partial charge in [-0.25, -0.2) is 0 Å². The highest BCUT2D eigenvalue weighted by Crippen LogP contribution is 2.54. The van der Waals surface area contributed by atoms with E-state index in [1.807, 2.05) is 54.6 Å². The summed E-state index contributed by atoms with van der Waals surface area (Å²) in [6.45, 7) is 0. The van der Waals surface area contributed by atoms with E-state index in [4.69, 9.17) is 28.4 Å². The number of para-hydroxylation sites is 1. The molecule has 42 heavy (non-hydrogen) atoms. The normalized spacial score (nSPS) is 19.1. The first-order valence-corrected chi connectivity index (χ1v) is 13.5. The lowest BCUT2D eigenvalue weighted by Gasteiger charge is -2.37. The number of carbonyl (C=O) groups is 2. The Morgan fingerprint density at radius 1 is 0.690 bits per heavy atom. The average molecular weight is 567 g/mol. The minimum Gasteiger partial charge on any atom is -0.497 e. The van der Waals surface area contributed by atoms with Crippen molar-refractivity contribution in [1.29, 1.82) is 0 Å². The van der Waals surface area contributed by atoms with Crippen molar-refractivity contribution in [3.8, 4) is 34.5 Å². The molecule has 2 heterocycles. The van der Waals surface area contributed by atoms with Crippen LogP contribution in [0.4, 0.5) is 0 Å². The standard InChI is InChI=1S/C34H30O8/c1-37-21-13-9-19(10-14-21)26-17-24(35)29-27(39-3)18-28(40-4)30(34(29)42-26)31-32(36)23-7-5-6-8-25(23)41-33(31)20-11-15-22(38-2)16-12-20/h5-16,18,26,31,33H,17H2,1-4H3. The number of rotatable bonds is 7. The lowest BCUT2D eigenvalue weighted by atomic mass is 9.78. The fourth-order valence-corrected chi connectivity index (χ4v) is 5.72. The third-order valence-electron chi connectivity index (χ3n) is 7.83. The molecule has 3 atom stereocenters. The van der Waals surface area contributed by atoms with Gasteiger partial charge in [-0.2, -0.15) is 0 Å². The zero-order valence-electron chi connectivity index (χ0n) is 23.7. The predicted molar refractivity (Wildman–Crippen MR) is 155 cm³/mol. The summed E-state index contributed by atoms with van der Waals surface area (Å²) in [4.78, 5) is 28.1. The van der Waals surface area contributed by atoms with Crippen LogP contribution in [0.25, 0.3) is 0 Å². The highest BCUT2D eigenvalue weighted by Gasteiger charge is 2.45. The monoisotopic (exact) mass is 566 g/mol. The number of benzene rings is 4. The van der Waals surface area contributed by atoms with Gasteiger partial charge in [-0.15, -0.1) is 0 Å². The Bertz CT molecular complexity index is 1640. The lowest BCUT2D eigenvalue weighted by molar-refractivity contribution is 0.0743. The van der Waals surface area contributed by atoms with E-state index in [1.165, 1.54) is 14.2 Å². The number of hydrogen-bond acceptors (Lipinski definition) is 8. The summed E-state index contributed by atoms with van der Waals surface area (Å²) in [7, 11) is 6.19. The highest BCUT2D eigenvalue weighted by atomic mass is 16.5. The lowest BCUT2D eigenvalue weighted by Crippen LogP contribution is -2.32. The molecule has 0 radical (unpaired) electrons. The number of ether oxygens (including phenoxy) is 6. The van der Waals surface area contributed by atoms with Crippen LogP contribution in [0.5, 0.6) is 34.5 Å². The first-order chi connectivity index (χ1) is 20.5. The van der Waals surface area contributed by atoms with Crippen molar-refractivity contribution < 1.29 is 38.0 Å². The molecule has 0 N–H and O–H groups in total. The Morgan fingerprint density at radius 2 is 1.31 bits per heavy atom. The molecule has 0 aromatic heterocycles. The molecule has 3 unspecified atom stereocenters. The van der Waals surface area contributed by atoms with E-state index in [2.05, 4.69) is 0 Å². The van der Waals surface area contributed by atoms with Gasteiger partial charge >= 0.3 is 0 Å². The number of fused-ring (bicyclic) bond motifs is 2. The maximum Gasteiger partial charge on any atom is 0.178 e. The van der Waals surface area contributed by atoms with Crippen LogP contribution in [-0.2, 0) is 0 Å². The summed E-state index contributed by atoms with van der Waals surface area (Å²) in [6.07, 6.45) is -1.25. The van der Waals surface area contributed by atoms with Crippen molar-refractivity contribution in [2.24, 2.45) is 0 Å². The minimum atomic E-state index is -0.898. The van der Waals surface area contributed by atoms with Crippen molar-refractivity contribution in [2.75, 3.05) is 28.4 Å². The first kappa shape index (κ1) is 27.2. The van der Waals surface area contributed by atoms with Crippen molar-refractivity contribution in [3.63, 3.8) is 0 Å². The van der Waals surface area contributed by atoms with E-state index >= 15 is 0 Å². The molecule has 0 bridgehead atoms. The molecule has 2 aliphatic rings. The molecule has 8 heteroatoms. The predicted octanol–water partition coefficient (Wildman–Crippen LogP) is 6.53. The number of Topliss-reactive ketones (excluding diaryl/α,β-unsaturated/α-hetero) is 2. The van der Waals surface area contributed by atoms with E-state index in [1.54, 1.807) is 38.5 Å². The molecular formula is C34H30O8. The van der Waals surface area contributed by atoms with Crippen LogP contribution in [0, 0.1) is 0 Å². The van der Waals surface area contributed by atoms with Crippen LogP contribution in [0.15, 0.2) is 78.9 Å². The third-order valence-corrected chi connectivity index (χ3v) is 7.83. The summed E-state index contributed by atoms with van der Waals surface area (Å²) in [5.41, 5.74) is 2.70. The van der Waals surface area contributed by atoms with Crippen LogP contribution in [0.2, 0.25) is 0 Å². The zero-order chi connectivity index (χ0) is 29.4. The number of methoxy groups -OCH3 is 4. The average Bonchev–Trinajstić information content (AvgIpc) is 3.04. The highest BCUT2D eigenvalue weighted by molar-refractivity contribution is 6.08. The van der Waals surface area contributed by atoms with E-state index < -0.39 is 18.1 Å². The maximum atomic E-state index is 14.4. The van der Waals surface area contributed by atoms with Gasteiger partial charge in [0.2, 0.25) is 0 Å². The Hall–Kier alpha value is -4.98. The largest absolute Gasteiger partial charge is 0.497 e. The molecule has 0 amide bonds. The van der Waals surface area contributed by atoms with E-state index in [-0.39, 0.29) is 29.3 Å². The van der Waals surface area contributed by atoms with Gasteiger partial charge < -0.3 is 28.4 Å². The zero-order valence-corrected chi connectivity index (χ0v) is 23.7. The topological polar surface area (TPSA) is 89.5 Å².